The zero-order chi connectivity index (χ0) is 76.3. The summed E-state index contributed by atoms with van der Waals surface area (Å²) in [7, 11) is 6.44. The molecule has 0 radical (unpaired) electrons. The second kappa shape index (κ2) is 30.8. The third kappa shape index (κ3) is 15.5. The number of likely N-dealkylation sites (N-methyl/N-ethyl adjacent to an activating group) is 3. The average Bonchev–Trinajstić information content (AvgIpc) is 1.62. The van der Waals surface area contributed by atoms with Gasteiger partial charge in [0.05, 0.1) is 42.2 Å². The quantitative estimate of drug-likeness (QED) is 0.0687. The van der Waals surface area contributed by atoms with Crippen molar-refractivity contribution in [2.75, 3.05) is 47.3 Å². The maximum absolute atomic E-state index is 11.3. The van der Waals surface area contributed by atoms with E-state index >= 15 is 0 Å². The van der Waals surface area contributed by atoms with E-state index < -0.39 is 28.3 Å². The molecule has 4 unspecified atom stereocenters. The molecule has 18 nitrogen and oxygen atoms in total. The van der Waals surface area contributed by atoms with Crippen molar-refractivity contribution >= 4 is 84.3 Å². The summed E-state index contributed by atoms with van der Waals surface area (Å²) >= 11 is 19.5. The minimum Gasteiger partial charge on any atom is -0.384 e. The van der Waals surface area contributed by atoms with Crippen molar-refractivity contribution in [1.82, 2.24) is 57.8 Å². The van der Waals surface area contributed by atoms with Crippen molar-refractivity contribution in [3.63, 3.8) is 0 Å². The van der Waals surface area contributed by atoms with Crippen LogP contribution in [0, 0.1) is 20.8 Å². The van der Waals surface area contributed by atoms with Crippen LogP contribution in [0.15, 0.2) is 153 Å². The third-order valence-corrected chi connectivity index (χ3v) is 24.4. The lowest BCUT2D eigenvalue weighted by Gasteiger charge is -2.40. The number of pyridine rings is 4. The first-order valence-corrected chi connectivity index (χ1v) is 38.8. The van der Waals surface area contributed by atoms with E-state index in [1.807, 2.05) is 83.1 Å². The molecule has 1 fully saturated rings. The van der Waals surface area contributed by atoms with Crippen molar-refractivity contribution < 1.29 is 25.2 Å². The molecule has 108 heavy (non-hydrogen) atoms. The van der Waals surface area contributed by atoms with Gasteiger partial charge in [-0.25, -0.2) is 0 Å². The minimum atomic E-state index is -1.13. The smallest absolute Gasteiger partial charge is 0.267 e. The first-order valence-electron chi connectivity index (χ1n) is 37.7. The molecule has 4 aliphatic heterocycles. The van der Waals surface area contributed by atoms with E-state index in [1.165, 1.54) is 92.2 Å². The Hall–Kier alpha value is -8.34. The average molecular weight is 1510 g/mol. The van der Waals surface area contributed by atoms with Crippen molar-refractivity contribution in [3.8, 4) is 0 Å². The second-order valence-corrected chi connectivity index (χ2v) is 33.0. The number of carbonyl (C=O) groups excluding carboxylic acids is 1. The Labute approximate surface area is 648 Å². The van der Waals surface area contributed by atoms with Crippen molar-refractivity contribution in [1.29, 1.82) is 0 Å². The van der Waals surface area contributed by atoms with Gasteiger partial charge in [0.25, 0.3) is 5.91 Å². The molecule has 4 atom stereocenters. The molecule has 1 aliphatic carbocycles. The van der Waals surface area contributed by atoms with Gasteiger partial charge < -0.3 is 59.1 Å². The van der Waals surface area contributed by atoms with Crippen LogP contribution in [-0.4, -0.2) is 138 Å². The molecule has 0 bridgehead atoms. The van der Waals surface area contributed by atoms with E-state index in [4.69, 9.17) is 40.5 Å². The van der Waals surface area contributed by atoms with E-state index in [9.17, 15) is 25.2 Å². The first kappa shape index (κ1) is 76.4. The fraction of sp³-hybridized carbons (Fsp3) is 0.391. The molecule has 1 amide bonds. The molecule has 1 saturated carbocycles. The number of aromatic nitrogens is 8. The zero-order valence-corrected chi connectivity index (χ0v) is 66.0. The second-order valence-electron chi connectivity index (χ2n) is 31.8. The Morgan fingerprint density at radius 3 is 1.39 bits per heavy atom. The summed E-state index contributed by atoms with van der Waals surface area (Å²) < 4.78 is 9.08. The fourth-order valence-electron chi connectivity index (χ4n) is 16.9. The van der Waals surface area contributed by atoms with Crippen LogP contribution < -0.4 is 5.73 Å². The molecule has 12 heterocycles. The van der Waals surface area contributed by atoms with Gasteiger partial charge >= 0.3 is 0 Å². The molecule has 21 heteroatoms. The maximum atomic E-state index is 11.3. The number of hydrogen-bond acceptors (Lipinski definition) is 13. The van der Waals surface area contributed by atoms with Gasteiger partial charge in [-0.3, -0.25) is 29.6 Å². The topological polar surface area (TPSA) is 208 Å². The number of primary amides is 1. The van der Waals surface area contributed by atoms with Gasteiger partial charge in [0, 0.05) is 215 Å². The van der Waals surface area contributed by atoms with E-state index in [0.717, 1.165) is 154 Å². The minimum absolute atomic E-state index is 0.196. The molecule has 6 N–H and O–H groups in total. The SMILES string of the molecule is CC(O)(Cn1c2c(c3cc(Cl)ccc31)CN(C1CCC1)CC2)c1cccnc1.Cc1cc2c3c(n(CC(C)(O)c4cccnc4)c2cc1Cl)CCN(C)C3.Cc1ccc2c(c1)c1c(n2CC(C)(O)c2ccc(C(N)=O)nc2)CCN(C)C1.Cc1ccc2c(c1Cl)c1c(n2CC(C)(O)c2cccnc2)CCN(C)C1. The van der Waals surface area contributed by atoms with E-state index in [0.29, 0.717) is 31.7 Å². The summed E-state index contributed by atoms with van der Waals surface area (Å²) in [6.45, 7) is 23.3. The van der Waals surface area contributed by atoms with Crippen molar-refractivity contribution in [2.24, 2.45) is 5.73 Å². The van der Waals surface area contributed by atoms with E-state index in [1.54, 1.807) is 56.2 Å². The predicted molar refractivity (Wildman–Crippen MR) is 433 cm³/mol. The highest BCUT2D eigenvalue weighted by Crippen LogP contribution is 2.43. The maximum Gasteiger partial charge on any atom is 0.267 e. The molecule has 12 aromatic rings. The number of hydrogen-bond donors (Lipinski definition) is 5. The van der Waals surface area contributed by atoms with Crippen LogP contribution in [0.3, 0.4) is 0 Å². The van der Waals surface area contributed by atoms with E-state index in [-0.39, 0.29) is 5.69 Å². The van der Waals surface area contributed by atoms with Gasteiger partial charge in [-0.05, 0) is 189 Å². The van der Waals surface area contributed by atoms with E-state index in [2.05, 4.69) is 134 Å². The van der Waals surface area contributed by atoms with Gasteiger partial charge in [0.15, 0.2) is 0 Å². The lowest BCUT2D eigenvalue weighted by atomic mass is 9.89. The molecule has 4 aromatic carbocycles. The molecule has 0 spiro atoms. The Kier molecular flexibility index (Phi) is 21.8. The molecular formula is C87H100Cl3N13O5. The summed E-state index contributed by atoms with van der Waals surface area (Å²) in [5.74, 6) is -0.573. The highest BCUT2D eigenvalue weighted by Gasteiger charge is 2.37. The van der Waals surface area contributed by atoms with Gasteiger partial charge in [0.2, 0.25) is 0 Å². The number of benzene rings is 4. The number of carbonyl (C=O) groups is 1. The molecule has 8 aromatic heterocycles. The number of fused-ring (bicyclic) bond motifs is 12. The highest BCUT2D eigenvalue weighted by atomic mass is 35.5. The Morgan fingerprint density at radius 1 is 0.481 bits per heavy atom. The molecule has 17 rings (SSSR count). The zero-order valence-electron chi connectivity index (χ0n) is 63.7. The molecular weight excluding hydrogens is 1410 g/mol. The standard InChI is InChI=1S/C23H26ClN3O.C22H26N4O2.2C21H24ClN3O/c1-23(28,16-4-3-10-25-13-16)15-27-21-8-7-17(24)12-19(21)20-14-26(11-9-22(20)27)18-5-2-6-18;1-14-4-7-19-16(10-14)17-12-25(3)9-8-20(17)26(19)13-22(2,28)15-5-6-18(21(23)27)24-11-15;1-14-6-7-18-19(20(14)22)16-12-24(3)10-8-17(16)25(18)13-21(2,26)15-5-4-9-23-11-15;1-14-9-16-17-12-24(3)8-6-19(17)25(20(16)10-18(14)22)13-21(2,26)15-5-4-7-23-11-15/h3-4,7-8,10,12-13,18,28H,2,5-6,9,11,14-15H2,1H3;4-7,10-11,28H,8-9,12-13H2,1-3H3,(H2,23,27);4-7,9,11,26H,8,10,12-13H2,1-3H3;4-5,7,9-11,26H,6,8,12-13H2,1-3H3. The number of nitrogens with zero attached hydrogens (tertiary/aromatic N) is 12. The number of amides is 1. The first-order chi connectivity index (χ1) is 51.5. The van der Waals surface area contributed by atoms with Gasteiger partial charge in [-0.15, -0.1) is 0 Å². The molecule has 5 aliphatic rings. The monoisotopic (exact) mass is 1510 g/mol. The van der Waals surface area contributed by atoms with Crippen LogP contribution in [0.1, 0.15) is 141 Å². The number of rotatable bonds is 14. The Morgan fingerprint density at radius 2 is 0.917 bits per heavy atom. The van der Waals surface area contributed by atoms with Crippen LogP contribution in [0.4, 0.5) is 0 Å². The van der Waals surface area contributed by atoms with Gasteiger partial charge in [-0.1, -0.05) is 83.2 Å². The predicted octanol–water partition coefficient (Wildman–Crippen LogP) is 14.6. The van der Waals surface area contributed by atoms with Crippen LogP contribution in [0.2, 0.25) is 15.1 Å². The third-order valence-electron chi connectivity index (χ3n) is 23.3. The fourth-order valence-corrected chi connectivity index (χ4v) is 17.5. The summed E-state index contributed by atoms with van der Waals surface area (Å²) in [6, 6.07) is 36.5. The number of nitrogens with two attached hydrogens (primary N) is 1. The lowest BCUT2D eigenvalue weighted by Crippen LogP contribution is -2.43. The van der Waals surface area contributed by atoms with Crippen LogP contribution >= 0.6 is 34.8 Å². The summed E-state index contributed by atoms with van der Waals surface area (Å²) in [5, 5.41) is 52.1. The molecule has 564 valence electrons. The molecule has 0 saturated heterocycles. The van der Waals surface area contributed by atoms with Gasteiger partial charge in [-0.2, -0.15) is 0 Å². The number of aryl methyl sites for hydroxylation is 3. The summed E-state index contributed by atoms with van der Waals surface area (Å²) in [5.41, 5.74) is 23.0. The van der Waals surface area contributed by atoms with Crippen molar-refractivity contribution in [2.45, 2.75) is 174 Å². The lowest BCUT2D eigenvalue weighted by molar-refractivity contribution is 0.0373. The van der Waals surface area contributed by atoms with Crippen LogP contribution in [0.5, 0.6) is 0 Å². The Bertz CT molecular complexity index is 5240. The number of aliphatic hydroxyl groups is 4. The highest BCUT2D eigenvalue weighted by molar-refractivity contribution is 6.36. The normalized spacial score (nSPS) is 17.8. The largest absolute Gasteiger partial charge is 0.384 e. The van der Waals surface area contributed by atoms with Crippen molar-refractivity contribution in [3.05, 3.63) is 257 Å². The van der Waals surface area contributed by atoms with Gasteiger partial charge in [0.1, 0.15) is 28.1 Å². The summed E-state index contributed by atoms with van der Waals surface area (Å²) in [6.07, 6.45) is 19.9. The number of halogens is 3. The van der Waals surface area contributed by atoms with Crippen LogP contribution in [0.25, 0.3) is 43.6 Å². The Balaban J connectivity index is 0.000000121. The summed E-state index contributed by atoms with van der Waals surface area (Å²) in [4.78, 5) is 37.5. The van der Waals surface area contributed by atoms with Crippen LogP contribution in [-0.2, 0) is 100 Å².